The average molecular weight is 682 g/mol. The molecule has 6 aromatic carbocycles. The summed E-state index contributed by atoms with van der Waals surface area (Å²) < 4.78 is 12.9. The van der Waals surface area contributed by atoms with Gasteiger partial charge in [-0.3, -0.25) is 0 Å². The smallest absolute Gasteiger partial charge is 0.163 e. The van der Waals surface area contributed by atoms with Crippen LogP contribution in [-0.4, -0.2) is 15.0 Å². The molecule has 3 heterocycles. The number of rotatable bonds is 4. The van der Waals surface area contributed by atoms with E-state index in [1.165, 1.54) is 15.8 Å². The van der Waals surface area contributed by atoms with E-state index in [4.69, 9.17) is 23.8 Å². The molecule has 0 N–H and O–H groups in total. The predicted octanol–water partition coefficient (Wildman–Crippen LogP) is 10.4. The molecule has 0 bridgehead atoms. The predicted molar refractivity (Wildman–Crippen MR) is 214 cm³/mol. The molecule has 0 saturated carbocycles. The third kappa shape index (κ3) is 5.04. The zero-order valence-electron chi connectivity index (χ0n) is 28.7. The Kier molecular flexibility index (Phi) is 6.68. The van der Waals surface area contributed by atoms with Crippen molar-refractivity contribution in [1.82, 2.24) is 15.0 Å². The molecule has 0 fully saturated rings. The molecule has 1 atom stereocenters. The zero-order valence-corrected chi connectivity index (χ0v) is 28.7. The monoisotopic (exact) mass is 681 g/mol. The fraction of sp³-hybridized carbons (Fsp3) is 0.0625. The fourth-order valence-electron chi connectivity index (χ4n) is 8.10. The Morgan fingerprint density at radius 3 is 2.38 bits per heavy atom. The van der Waals surface area contributed by atoms with Crippen LogP contribution >= 0.6 is 0 Å². The Morgan fingerprint density at radius 1 is 0.623 bits per heavy atom. The summed E-state index contributed by atoms with van der Waals surface area (Å²) in [6.07, 6.45) is 12.4. The van der Waals surface area contributed by atoms with Crippen LogP contribution in [0.15, 0.2) is 148 Å². The zero-order chi connectivity index (χ0) is 34.9. The first-order valence-electron chi connectivity index (χ1n) is 18.1. The highest BCUT2D eigenvalue weighted by molar-refractivity contribution is 6.12. The minimum Gasteiger partial charge on any atom is -0.456 e. The van der Waals surface area contributed by atoms with Crippen molar-refractivity contribution >= 4 is 68.0 Å². The maximum absolute atomic E-state index is 6.48. The first-order valence-corrected chi connectivity index (χ1v) is 18.1. The Bertz CT molecular complexity index is 3140. The van der Waals surface area contributed by atoms with Crippen LogP contribution in [0.3, 0.4) is 0 Å². The third-order valence-electron chi connectivity index (χ3n) is 10.7. The number of nitrogens with zero attached hydrogens (tertiary/aromatic N) is 3. The van der Waals surface area contributed by atoms with Gasteiger partial charge in [-0.05, 0) is 69.1 Å². The highest BCUT2D eigenvalue weighted by Gasteiger charge is 2.23. The number of hydrogen-bond donors (Lipinski definition) is 0. The summed E-state index contributed by atoms with van der Waals surface area (Å²) in [6.45, 7) is 0. The molecular weight excluding hydrogens is 651 g/mol. The second kappa shape index (κ2) is 11.9. The van der Waals surface area contributed by atoms with Crippen LogP contribution in [0.5, 0.6) is 0 Å². The summed E-state index contributed by atoms with van der Waals surface area (Å²) in [5.41, 5.74) is 8.00. The molecule has 5 heteroatoms. The van der Waals surface area contributed by atoms with Crippen molar-refractivity contribution in [3.63, 3.8) is 0 Å². The summed E-state index contributed by atoms with van der Waals surface area (Å²) in [4.78, 5) is 15.3. The number of aromatic nitrogens is 3. The van der Waals surface area contributed by atoms with Crippen molar-refractivity contribution in [3.8, 4) is 22.5 Å². The van der Waals surface area contributed by atoms with Crippen molar-refractivity contribution in [2.75, 3.05) is 0 Å². The van der Waals surface area contributed by atoms with Crippen LogP contribution in [0, 0.1) is 0 Å². The maximum Gasteiger partial charge on any atom is 0.163 e. The molecule has 0 radical (unpaired) electrons. The Balaban J connectivity index is 1.03. The van der Waals surface area contributed by atoms with E-state index in [1.807, 2.05) is 12.1 Å². The van der Waals surface area contributed by atoms with E-state index in [1.54, 1.807) is 0 Å². The minimum absolute atomic E-state index is 0.0408. The quantitative estimate of drug-likeness (QED) is 0.185. The molecule has 0 saturated heterocycles. The van der Waals surface area contributed by atoms with Crippen molar-refractivity contribution in [2.45, 2.75) is 18.8 Å². The van der Waals surface area contributed by atoms with E-state index in [0.717, 1.165) is 84.1 Å². The highest BCUT2D eigenvalue weighted by atomic mass is 16.3. The summed E-state index contributed by atoms with van der Waals surface area (Å²) >= 11 is 0. The number of fused-ring (bicyclic) bond motifs is 8. The van der Waals surface area contributed by atoms with Crippen molar-refractivity contribution < 1.29 is 8.83 Å². The van der Waals surface area contributed by atoms with Gasteiger partial charge in [-0.2, -0.15) is 0 Å². The van der Waals surface area contributed by atoms with E-state index < -0.39 is 0 Å². The number of allylic oxidation sites excluding steroid dienone is 2. The molecule has 2 aliphatic rings. The summed E-state index contributed by atoms with van der Waals surface area (Å²) in [6, 6.07) is 44.2. The largest absolute Gasteiger partial charge is 0.456 e. The SMILES string of the molecule is C1=Cc2oc3cccc(-c4cccc5c4oc4ccccc45)c3c2C/C1=C/c1nc(-c2ccc3ccccc3c2)nc(C2C=c3ccccc3=CC2)n1. The Morgan fingerprint density at radius 2 is 1.42 bits per heavy atom. The molecule has 11 rings (SSSR count). The molecule has 1 unspecified atom stereocenters. The molecule has 5 nitrogen and oxygen atoms in total. The van der Waals surface area contributed by atoms with E-state index in [-0.39, 0.29) is 5.92 Å². The second-order valence-corrected chi connectivity index (χ2v) is 13.9. The van der Waals surface area contributed by atoms with Crippen molar-refractivity contribution in [1.29, 1.82) is 0 Å². The van der Waals surface area contributed by atoms with Gasteiger partial charge in [0.25, 0.3) is 0 Å². The lowest BCUT2D eigenvalue weighted by molar-refractivity contribution is 0.598. The topological polar surface area (TPSA) is 65.0 Å². The minimum atomic E-state index is 0.0408. The van der Waals surface area contributed by atoms with Gasteiger partial charge >= 0.3 is 0 Å². The van der Waals surface area contributed by atoms with Crippen LogP contribution in [0.25, 0.3) is 90.5 Å². The number of furan rings is 2. The van der Waals surface area contributed by atoms with Gasteiger partial charge in [0.1, 0.15) is 28.3 Å². The summed E-state index contributed by atoms with van der Waals surface area (Å²) in [5.74, 6) is 3.01. The van der Waals surface area contributed by atoms with Crippen molar-refractivity contribution in [2.24, 2.45) is 0 Å². The molecule has 0 spiro atoms. The second-order valence-electron chi connectivity index (χ2n) is 13.9. The van der Waals surface area contributed by atoms with Gasteiger partial charge in [-0.1, -0.05) is 127 Å². The lowest BCUT2D eigenvalue weighted by atomic mass is 9.91. The molecular formula is C48H31N3O2. The average Bonchev–Trinajstić information content (AvgIpc) is 3.79. The third-order valence-corrected chi connectivity index (χ3v) is 10.7. The molecule has 2 aliphatic carbocycles. The first kappa shape index (κ1) is 29.8. The molecule has 0 aliphatic heterocycles. The Hall–Kier alpha value is -6.85. The van der Waals surface area contributed by atoms with E-state index >= 15 is 0 Å². The molecule has 9 aromatic rings. The van der Waals surface area contributed by atoms with E-state index in [9.17, 15) is 0 Å². The number of benzene rings is 6. The molecule has 250 valence electrons. The fourth-order valence-corrected chi connectivity index (χ4v) is 8.10. The maximum atomic E-state index is 6.48. The molecule has 53 heavy (non-hydrogen) atoms. The normalized spacial score (nSPS) is 15.8. The molecule has 0 amide bonds. The summed E-state index contributed by atoms with van der Waals surface area (Å²) in [7, 11) is 0. The van der Waals surface area contributed by atoms with Crippen LogP contribution < -0.4 is 10.4 Å². The van der Waals surface area contributed by atoms with Crippen LogP contribution in [0.2, 0.25) is 0 Å². The number of hydrogen-bond acceptors (Lipinski definition) is 5. The van der Waals surface area contributed by atoms with Crippen LogP contribution in [-0.2, 0) is 6.42 Å². The highest BCUT2D eigenvalue weighted by Crippen LogP contribution is 2.42. The molecule has 3 aromatic heterocycles. The first-order chi connectivity index (χ1) is 26.2. The lowest BCUT2D eigenvalue weighted by Gasteiger charge is -2.15. The van der Waals surface area contributed by atoms with Gasteiger partial charge < -0.3 is 8.83 Å². The van der Waals surface area contributed by atoms with Gasteiger partial charge in [-0.15, -0.1) is 0 Å². The van der Waals surface area contributed by atoms with Gasteiger partial charge in [0.15, 0.2) is 11.6 Å². The lowest BCUT2D eigenvalue weighted by Crippen LogP contribution is -2.28. The summed E-state index contributed by atoms with van der Waals surface area (Å²) in [5, 5.41) is 8.13. The number of para-hydroxylation sites is 2. The van der Waals surface area contributed by atoms with Crippen LogP contribution in [0.4, 0.5) is 0 Å². The standard InChI is InChI=1S/C48H31N3O2/c1-3-11-32-27-34(22-20-30(32)9-1)47-49-44(50-48(51-47)35-23-21-31-10-2-4-12-33(31)28-35)26-29-19-24-42-40(25-29)45-37(14-8-18-43(45)52-42)39-16-7-15-38-36-13-5-6-17-41(36)53-46(38)39/h1-22,24,26-28,35H,23,25H2/b29-26+. The van der Waals surface area contributed by atoms with Gasteiger partial charge in [0.2, 0.25) is 0 Å². The van der Waals surface area contributed by atoms with Gasteiger partial charge in [0, 0.05) is 45.2 Å². The Labute approximate surface area is 304 Å². The van der Waals surface area contributed by atoms with E-state index in [2.05, 4.69) is 146 Å². The van der Waals surface area contributed by atoms with Gasteiger partial charge in [-0.25, -0.2) is 15.0 Å². The van der Waals surface area contributed by atoms with Gasteiger partial charge in [0.05, 0.1) is 0 Å². The van der Waals surface area contributed by atoms with E-state index in [0.29, 0.717) is 18.1 Å². The van der Waals surface area contributed by atoms with Crippen molar-refractivity contribution in [3.05, 3.63) is 172 Å². The van der Waals surface area contributed by atoms with Crippen LogP contribution in [0.1, 0.15) is 35.3 Å².